The molecular formula is C29H33NO5. The normalized spacial score (nSPS) is 13.3. The Hall–Kier alpha value is -3.54. The van der Waals surface area contributed by atoms with Gasteiger partial charge in [-0.05, 0) is 87.4 Å². The number of nitrogens with zero attached hydrogens (tertiary/aromatic N) is 1. The monoisotopic (exact) mass is 475 g/mol. The van der Waals surface area contributed by atoms with Crippen LogP contribution in [0.2, 0.25) is 0 Å². The van der Waals surface area contributed by atoms with Crippen LogP contribution >= 0.6 is 0 Å². The second-order valence-corrected chi connectivity index (χ2v) is 8.47. The molecule has 0 bridgehead atoms. The fourth-order valence-corrected chi connectivity index (χ4v) is 4.41. The second-order valence-electron chi connectivity index (χ2n) is 8.47. The molecule has 0 aliphatic heterocycles. The largest absolute Gasteiger partial charge is 0.493 e. The predicted molar refractivity (Wildman–Crippen MR) is 135 cm³/mol. The summed E-state index contributed by atoms with van der Waals surface area (Å²) in [5.74, 6) is 2.16. The number of aryl methyl sites for hydroxylation is 1. The number of rotatable bonds is 10. The molecule has 0 saturated heterocycles. The average molecular weight is 476 g/mol. The molecule has 3 aromatic rings. The van der Waals surface area contributed by atoms with Gasteiger partial charge in [-0.1, -0.05) is 24.3 Å². The van der Waals surface area contributed by atoms with Gasteiger partial charge in [-0.2, -0.15) is 0 Å². The van der Waals surface area contributed by atoms with Crippen molar-refractivity contribution >= 4 is 12.0 Å². The smallest absolute Gasteiger partial charge is 0.373 e. The van der Waals surface area contributed by atoms with Gasteiger partial charge in [0, 0.05) is 12.0 Å². The summed E-state index contributed by atoms with van der Waals surface area (Å²) in [6.45, 7) is 6.82. The minimum absolute atomic E-state index is 0.242. The third kappa shape index (κ3) is 5.94. The summed E-state index contributed by atoms with van der Waals surface area (Å²) in [5.41, 5.74) is 5.30. The maximum Gasteiger partial charge on any atom is 0.373 e. The van der Waals surface area contributed by atoms with Crippen molar-refractivity contribution in [1.82, 2.24) is 4.98 Å². The number of carbonyl (C=O) groups excluding carboxylic acids is 1. The summed E-state index contributed by atoms with van der Waals surface area (Å²) in [4.78, 5) is 17.0. The van der Waals surface area contributed by atoms with E-state index in [0.29, 0.717) is 32.1 Å². The highest BCUT2D eigenvalue weighted by atomic mass is 16.6. The number of esters is 1. The summed E-state index contributed by atoms with van der Waals surface area (Å²) in [6, 6.07) is 13.9. The fraction of sp³-hybridized carbons (Fsp3) is 0.379. The molecule has 6 nitrogen and oxygen atoms in total. The molecule has 0 fully saturated rings. The highest BCUT2D eigenvalue weighted by Gasteiger charge is 2.20. The van der Waals surface area contributed by atoms with Crippen molar-refractivity contribution in [2.75, 3.05) is 19.8 Å². The van der Waals surface area contributed by atoms with E-state index in [1.165, 1.54) is 11.1 Å². The lowest BCUT2D eigenvalue weighted by Crippen LogP contribution is -2.12. The number of benzene rings is 2. The highest BCUT2D eigenvalue weighted by molar-refractivity contribution is 5.91. The Balaban J connectivity index is 1.50. The van der Waals surface area contributed by atoms with Crippen LogP contribution in [0.1, 0.15) is 54.8 Å². The number of hydrogen-bond acceptors (Lipinski definition) is 6. The molecule has 35 heavy (non-hydrogen) atoms. The first-order chi connectivity index (χ1) is 17.1. The molecule has 0 spiro atoms. The van der Waals surface area contributed by atoms with Crippen LogP contribution in [-0.4, -0.2) is 30.8 Å². The van der Waals surface area contributed by atoms with Gasteiger partial charge in [0.25, 0.3) is 0 Å². The van der Waals surface area contributed by atoms with Gasteiger partial charge in [0.2, 0.25) is 11.6 Å². The van der Waals surface area contributed by atoms with Gasteiger partial charge in [0.1, 0.15) is 11.5 Å². The van der Waals surface area contributed by atoms with Crippen LogP contribution in [0.25, 0.3) is 17.5 Å². The summed E-state index contributed by atoms with van der Waals surface area (Å²) in [5, 5.41) is 0. The van der Waals surface area contributed by atoms with Crippen LogP contribution in [0.15, 0.2) is 52.6 Å². The topological polar surface area (TPSA) is 70.8 Å². The molecule has 1 heterocycles. The number of aromatic nitrogens is 1. The zero-order chi connectivity index (χ0) is 24.6. The van der Waals surface area contributed by atoms with Crippen LogP contribution in [-0.2, 0) is 33.5 Å². The van der Waals surface area contributed by atoms with Crippen molar-refractivity contribution in [1.29, 1.82) is 0 Å². The number of hydrogen-bond donors (Lipinski definition) is 0. The Morgan fingerprint density at radius 2 is 1.74 bits per heavy atom. The average Bonchev–Trinajstić information content (AvgIpc) is 3.26. The lowest BCUT2D eigenvalue weighted by Gasteiger charge is -2.22. The molecule has 6 heteroatoms. The molecule has 0 unspecified atom stereocenters. The molecule has 0 atom stereocenters. The van der Waals surface area contributed by atoms with Crippen LogP contribution < -0.4 is 4.74 Å². The predicted octanol–water partition coefficient (Wildman–Crippen LogP) is 6.09. The first kappa shape index (κ1) is 24.6. The van der Waals surface area contributed by atoms with Crippen molar-refractivity contribution in [2.24, 2.45) is 0 Å². The van der Waals surface area contributed by atoms with E-state index in [4.69, 9.17) is 18.6 Å². The first-order valence-electron chi connectivity index (χ1n) is 12.4. The van der Waals surface area contributed by atoms with E-state index >= 15 is 0 Å². The van der Waals surface area contributed by atoms with Gasteiger partial charge in [-0.15, -0.1) is 0 Å². The number of ether oxygens (including phenoxy) is 3. The van der Waals surface area contributed by atoms with Gasteiger partial charge in [0.15, 0.2) is 0 Å². The second kappa shape index (κ2) is 11.7. The number of fused-ring (bicyclic) bond motifs is 1. The molecule has 2 aromatic carbocycles. The minimum Gasteiger partial charge on any atom is -0.493 e. The summed E-state index contributed by atoms with van der Waals surface area (Å²) >= 11 is 0. The summed E-state index contributed by atoms with van der Waals surface area (Å²) in [7, 11) is 0. The Morgan fingerprint density at radius 3 is 2.49 bits per heavy atom. The molecular weight excluding hydrogens is 442 g/mol. The molecule has 1 aliphatic carbocycles. The van der Waals surface area contributed by atoms with Gasteiger partial charge < -0.3 is 18.6 Å². The molecule has 0 radical (unpaired) electrons. The molecule has 4 rings (SSSR count). The lowest BCUT2D eigenvalue weighted by atomic mass is 9.87. The van der Waals surface area contributed by atoms with E-state index in [9.17, 15) is 4.79 Å². The standard InChI is InChI=1S/C29H33NO5/c1-4-32-27(29(31)33-5-2)19-22-15-16-26(24-14-10-9-13-23(22)24)34-18-17-25-20(3)35-28(30-25)21-11-7-6-8-12-21/h6-8,11-12,15-16,19H,4-5,9-10,13-14,17-18H2,1-3H3. The SMILES string of the molecule is CCOC(=O)C(=Cc1ccc(OCCc2nc(-c3ccccc3)oc2C)c2c1CCCC2)OCC. The van der Waals surface area contributed by atoms with Gasteiger partial charge in [0.05, 0.1) is 25.5 Å². The van der Waals surface area contributed by atoms with Crippen molar-refractivity contribution in [3.8, 4) is 17.2 Å². The van der Waals surface area contributed by atoms with E-state index < -0.39 is 5.97 Å². The summed E-state index contributed by atoms with van der Waals surface area (Å²) in [6.07, 6.45) is 6.60. The molecule has 184 valence electrons. The highest BCUT2D eigenvalue weighted by Crippen LogP contribution is 2.34. The Bertz CT molecular complexity index is 1180. The summed E-state index contributed by atoms with van der Waals surface area (Å²) < 4.78 is 22.9. The van der Waals surface area contributed by atoms with E-state index in [1.54, 1.807) is 13.0 Å². The molecule has 0 N–H and O–H groups in total. The lowest BCUT2D eigenvalue weighted by molar-refractivity contribution is -0.142. The van der Waals surface area contributed by atoms with E-state index in [2.05, 4.69) is 4.98 Å². The molecule has 1 aromatic heterocycles. The third-order valence-electron chi connectivity index (χ3n) is 6.10. The third-order valence-corrected chi connectivity index (χ3v) is 6.10. The minimum atomic E-state index is -0.433. The number of oxazole rings is 1. The quantitative estimate of drug-likeness (QED) is 0.201. The fourth-order valence-electron chi connectivity index (χ4n) is 4.41. The maximum absolute atomic E-state index is 12.3. The van der Waals surface area contributed by atoms with Crippen LogP contribution in [0.3, 0.4) is 0 Å². The van der Waals surface area contributed by atoms with E-state index in [1.807, 2.05) is 56.3 Å². The Morgan fingerprint density at radius 1 is 1.00 bits per heavy atom. The molecule has 0 amide bonds. The number of carbonyl (C=O) groups is 1. The van der Waals surface area contributed by atoms with E-state index in [-0.39, 0.29) is 5.76 Å². The van der Waals surface area contributed by atoms with E-state index in [0.717, 1.165) is 54.0 Å². The first-order valence-corrected chi connectivity index (χ1v) is 12.4. The van der Waals surface area contributed by atoms with Crippen LogP contribution in [0.5, 0.6) is 5.75 Å². The molecule has 0 saturated carbocycles. The van der Waals surface area contributed by atoms with Crippen LogP contribution in [0, 0.1) is 6.92 Å². The van der Waals surface area contributed by atoms with Gasteiger partial charge in [-0.25, -0.2) is 9.78 Å². The van der Waals surface area contributed by atoms with Crippen molar-refractivity contribution < 1.29 is 23.4 Å². The Labute approximate surface area is 206 Å². The van der Waals surface area contributed by atoms with Gasteiger partial charge in [-0.3, -0.25) is 0 Å². The van der Waals surface area contributed by atoms with Gasteiger partial charge >= 0.3 is 5.97 Å². The van der Waals surface area contributed by atoms with Crippen LogP contribution in [0.4, 0.5) is 0 Å². The van der Waals surface area contributed by atoms with Crippen molar-refractivity contribution in [2.45, 2.75) is 52.9 Å². The Kier molecular flexibility index (Phi) is 8.24. The zero-order valence-corrected chi connectivity index (χ0v) is 20.8. The van der Waals surface area contributed by atoms with Crippen molar-refractivity contribution in [3.05, 3.63) is 76.4 Å². The van der Waals surface area contributed by atoms with Crippen molar-refractivity contribution in [3.63, 3.8) is 0 Å². The maximum atomic E-state index is 12.3. The zero-order valence-electron chi connectivity index (χ0n) is 20.8. The molecule has 1 aliphatic rings.